The summed E-state index contributed by atoms with van der Waals surface area (Å²) in [6.45, 7) is 4.58. The first-order valence-electron chi connectivity index (χ1n) is 9.56. The Morgan fingerprint density at radius 3 is 2.32 bits per heavy atom. The van der Waals surface area contributed by atoms with E-state index in [4.69, 9.17) is 18.9 Å². The van der Waals surface area contributed by atoms with E-state index in [1.165, 1.54) is 37.3 Å². The Balaban J connectivity index is 1.95. The van der Waals surface area contributed by atoms with Gasteiger partial charge in [-0.25, -0.2) is 4.79 Å². The highest BCUT2D eigenvalue weighted by Crippen LogP contribution is 2.45. The van der Waals surface area contributed by atoms with Gasteiger partial charge in [-0.15, -0.1) is 0 Å². The van der Waals surface area contributed by atoms with Crippen LogP contribution in [0.1, 0.15) is 26.3 Å². The van der Waals surface area contributed by atoms with E-state index in [1.807, 2.05) is 0 Å². The first-order chi connectivity index (χ1) is 14.4. The highest BCUT2D eigenvalue weighted by Gasteiger charge is 2.65. The third-order valence-electron chi connectivity index (χ3n) is 5.28. The maximum atomic E-state index is 14.1. The van der Waals surface area contributed by atoms with Crippen molar-refractivity contribution in [3.05, 3.63) is 48.0 Å². The summed E-state index contributed by atoms with van der Waals surface area (Å²) in [5.41, 5.74) is -4.96. The summed E-state index contributed by atoms with van der Waals surface area (Å²) < 4.78 is 64.0. The monoisotopic (exact) mass is 443 g/mol. The fourth-order valence-corrected chi connectivity index (χ4v) is 3.91. The second-order valence-electron chi connectivity index (χ2n) is 7.90. The lowest BCUT2D eigenvalue weighted by Gasteiger charge is -2.36. The van der Waals surface area contributed by atoms with Crippen molar-refractivity contribution in [2.45, 2.75) is 56.1 Å². The molecule has 1 aromatic carbocycles. The van der Waals surface area contributed by atoms with Crippen LogP contribution in [0, 0.1) is 0 Å². The van der Waals surface area contributed by atoms with Crippen LogP contribution < -0.4 is 5.32 Å². The molecule has 0 radical (unpaired) electrons. The molecule has 10 heteroatoms. The Bertz CT molecular complexity index is 872. The molecule has 7 nitrogen and oxygen atoms in total. The zero-order valence-electron chi connectivity index (χ0n) is 17.5. The smallest absolute Gasteiger partial charge is 0.432 e. The van der Waals surface area contributed by atoms with Gasteiger partial charge in [-0.2, -0.15) is 13.2 Å². The van der Waals surface area contributed by atoms with E-state index in [0.717, 1.165) is 19.2 Å². The van der Waals surface area contributed by atoms with E-state index in [2.05, 4.69) is 5.32 Å². The summed E-state index contributed by atoms with van der Waals surface area (Å²) in [6, 6.07) is 5.50. The number of methoxy groups -OCH3 is 1. The molecule has 0 aromatic heterocycles. The van der Waals surface area contributed by atoms with Gasteiger partial charge in [0.2, 0.25) is 5.91 Å². The number of amides is 1. The number of carbonyl (C=O) groups is 2. The van der Waals surface area contributed by atoms with Crippen LogP contribution in [0.5, 0.6) is 0 Å². The number of hydrogen-bond acceptors (Lipinski definition) is 6. The third-order valence-corrected chi connectivity index (χ3v) is 5.28. The molecule has 2 aliphatic rings. The Hall–Kier alpha value is -2.43. The standard InChI is InChI=1S/C21H24F3NO6/c1-13(26)25-16-15(10-11-19(16)12-29-18(2,3)31-19)30-17(27)20(28-4,21(22,23)24)14-8-6-5-7-9-14/h5-11,15-16H,12H2,1-4H3,(H,25,26)/t15-,16+,19-,20-/m0/s1. The number of nitrogens with one attached hydrogen (secondary N) is 1. The van der Waals surface area contributed by atoms with Crippen molar-refractivity contribution >= 4 is 11.9 Å². The van der Waals surface area contributed by atoms with Crippen molar-refractivity contribution in [1.82, 2.24) is 5.32 Å². The van der Waals surface area contributed by atoms with Crippen LogP contribution in [0.3, 0.4) is 0 Å². The second kappa shape index (κ2) is 7.92. The van der Waals surface area contributed by atoms with Crippen molar-refractivity contribution in [2.24, 2.45) is 0 Å². The summed E-state index contributed by atoms with van der Waals surface area (Å²) in [5, 5.41) is 2.61. The molecule has 0 saturated carbocycles. The van der Waals surface area contributed by atoms with Gasteiger partial charge in [0.05, 0.1) is 6.61 Å². The number of halogens is 3. The van der Waals surface area contributed by atoms with Crippen LogP contribution in [-0.4, -0.2) is 55.3 Å². The molecular formula is C21H24F3NO6. The fourth-order valence-electron chi connectivity index (χ4n) is 3.91. The quantitative estimate of drug-likeness (QED) is 0.557. The maximum Gasteiger partial charge on any atom is 0.432 e. The first-order valence-corrected chi connectivity index (χ1v) is 9.56. The SMILES string of the molecule is CO[C@](C(=O)O[C@H]1C=C[C@]2(COC(C)(C)O2)[C@@H]1NC(C)=O)(c1ccccc1)C(F)(F)F. The molecule has 1 amide bonds. The topological polar surface area (TPSA) is 83.1 Å². The molecular weight excluding hydrogens is 419 g/mol. The lowest BCUT2D eigenvalue weighted by Crippen LogP contribution is -2.58. The zero-order valence-corrected chi connectivity index (χ0v) is 17.5. The molecule has 1 aliphatic heterocycles. The highest BCUT2D eigenvalue weighted by molar-refractivity contribution is 5.83. The Labute approximate surface area is 177 Å². The molecule has 0 unspecified atom stereocenters. The minimum Gasteiger partial charge on any atom is -0.453 e. The molecule has 4 atom stereocenters. The Kier molecular flexibility index (Phi) is 5.94. The second-order valence-corrected chi connectivity index (χ2v) is 7.90. The third kappa shape index (κ3) is 4.07. The Morgan fingerprint density at radius 2 is 1.84 bits per heavy atom. The van der Waals surface area contributed by atoms with Gasteiger partial charge in [0.1, 0.15) is 17.7 Å². The fraction of sp³-hybridized carbons (Fsp3) is 0.524. The van der Waals surface area contributed by atoms with Gasteiger partial charge in [0.15, 0.2) is 5.79 Å². The van der Waals surface area contributed by atoms with Crippen LogP contribution in [0.2, 0.25) is 0 Å². The van der Waals surface area contributed by atoms with E-state index in [9.17, 15) is 22.8 Å². The molecule has 31 heavy (non-hydrogen) atoms. The van der Waals surface area contributed by atoms with E-state index in [0.29, 0.717) is 0 Å². The van der Waals surface area contributed by atoms with Gasteiger partial charge < -0.3 is 24.3 Å². The normalized spacial score (nSPS) is 29.0. The predicted octanol–water partition coefficient (Wildman–Crippen LogP) is 2.60. The van der Waals surface area contributed by atoms with E-state index >= 15 is 0 Å². The van der Waals surface area contributed by atoms with E-state index in [-0.39, 0.29) is 6.61 Å². The van der Waals surface area contributed by atoms with Gasteiger partial charge in [0, 0.05) is 19.6 Å². The minimum atomic E-state index is -5.11. The van der Waals surface area contributed by atoms with Crippen LogP contribution in [-0.2, 0) is 34.1 Å². The molecule has 1 aromatic rings. The molecule has 1 heterocycles. The first kappa shape index (κ1) is 23.2. The molecule has 1 saturated heterocycles. The van der Waals surface area contributed by atoms with Crippen molar-refractivity contribution < 1.29 is 41.7 Å². The summed E-state index contributed by atoms with van der Waals surface area (Å²) in [4.78, 5) is 24.8. The number of alkyl halides is 3. The molecule has 170 valence electrons. The Morgan fingerprint density at radius 1 is 1.19 bits per heavy atom. The largest absolute Gasteiger partial charge is 0.453 e. The average molecular weight is 443 g/mol. The summed E-state index contributed by atoms with van der Waals surface area (Å²) >= 11 is 0. The van der Waals surface area contributed by atoms with E-state index in [1.54, 1.807) is 13.8 Å². The number of esters is 1. The van der Waals surface area contributed by atoms with Crippen LogP contribution in [0.15, 0.2) is 42.5 Å². The van der Waals surface area contributed by atoms with Gasteiger partial charge in [-0.3, -0.25) is 4.79 Å². The molecule has 1 fully saturated rings. The van der Waals surface area contributed by atoms with Crippen molar-refractivity contribution in [2.75, 3.05) is 13.7 Å². The molecule has 1 aliphatic carbocycles. The number of hydrogen-bond donors (Lipinski definition) is 1. The molecule has 3 rings (SSSR count). The van der Waals surface area contributed by atoms with Crippen molar-refractivity contribution in [3.8, 4) is 0 Å². The molecule has 1 N–H and O–H groups in total. The summed E-state index contributed by atoms with van der Waals surface area (Å²) in [5.74, 6) is -3.13. The number of benzene rings is 1. The highest BCUT2D eigenvalue weighted by atomic mass is 19.4. The average Bonchev–Trinajstić information content (AvgIpc) is 3.15. The maximum absolute atomic E-state index is 14.1. The zero-order chi connectivity index (χ0) is 23.1. The van der Waals surface area contributed by atoms with Crippen molar-refractivity contribution in [3.63, 3.8) is 0 Å². The van der Waals surface area contributed by atoms with Gasteiger partial charge in [0.25, 0.3) is 5.60 Å². The molecule has 0 bridgehead atoms. The lowest BCUT2D eigenvalue weighted by molar-refractivity contribution is -0.278. The van der Waals surface area contributed by atoms with Gasteiger partial charge >= 0.3 is 12.1 Å². The van der Waals surface area contributed by atoms with Crippen LogP contribution in [0.4, 0.5) is 13.2 Å². The lowest BCUT2D eigenvalue weighted by atomic mass is 9.92. The predicted molar refractivity (Wildman–Crippen MR) is 102 cm³/mol. The van der Waals surface area contributed by atoms with E-state index < -0.39 is 52.8 Å². The summed E-state index contributed by atoms with van der Waals surface area (Å²) in [6.07, 6.45) is -3.44. The number of rotatable bonds is 5. The van der Waals surface area contributed by atoms with Crippen LogP contribution >= 0.6 is 0 Å². The summed E-state index contributed by atoms with van der Waals surface area (Å²) in [7, 11) is 0.787. The van der Waals surface area contributed by atoms with Gasteiger partial charge in [-0.05, 0) is 26.0 Å². The number of ether oxygens (including phenoxy) is 4. The van der Waals surface area contributed by atoms with Crippen molar-refractivity contribution in [1.29, 1.82) is 0 Å². The number of carbonyl (C=O) groups excluding carboxylic acids is 2. The molecule has 1 spiro atoms. The minimum absolute atomic E-state index is 0.0167. The van der Waals surface area contributed by atoms with Crippen LogP contribution in [0.25, 0.3) is 0 Å². The van der Waals surface area contributed by atoms with Gasteiger partial charge in [-0.1, -0.05) is 30.3 Å².